The normalized spacial score (nSPS) is 8.29. The van der Waals surface area contributed by atoms with E-state index in [0.29, 0.717) is 0 Å². The molecule has 0 aliphatic carbocycles. The molecule has 0 rings (SSSR count). The maximum absolute atomic E-state index is 9.19. The molecule has 0 aromatic heterocycles. The summed E-state index contributed by atoms with van der Waals surface area (Å²) in [6.07, 6.45) is 0. The third-order valence-corrected chi connectivity index (χ3v) is 0. The molecule has 0 saturated carbocycles. The third-order valence-electron chi connectivity index (χ3n) is 0. The largest absolute Gasteiger partial charge is 0.271 e. The summed E-state index contributed by atoms with van der Waals surface area (Å²) in [7, 11) is -3.67. The van der Waals surface area contributed by atoms with Gasteiger partial charge in [-0.2, -0.15) is 8.42 Å². The Labute approximate surface area is 76.2 Å². The highest BCUT2D eigenvalue weighted by molar-refractivity contribution is 14.0. The minimum atomic E-state index is -3.67. The molecule has 0 spiro atoms. The molecule has 0 aliphatic rings. The minimum absolute atomic E-state index is 0. The summed E-state index contributed by atoms with van der Waals surface area (Å²) in [5.74, 6) is 0. The molecule has 7 heteroatoms. The molecule has 0 aromatic rings. The first kappa shape index (κ1) is 15.8. The van der Waals surface area contributed by atoms with Gasteiger partial charge in [-0.05, 0) is 0 Å². The maximum atomic E-state index is 9.19. The molecule has 0 saturated heterocycles. The van der Waals surface area contributed by atoms with Gasteiger partial charge in [0.25, 0.3) is 10.2 Å². The van der Waals surface area contributed by atoms with Crippen LogP contribution in [0.25, 0.3) is 0 Å². The molecule has 4 N–H and O–H groups in total. The van der Waals surface area contributed by atoms with Crippen LogP contribution in [0.3, 0.4) is 0 Å². The van der Waals surface area contributed by atoms with Gasteiger partial charge in [-0.3, -0.25) is 0 Å². The summed E-state index contributed by atoms with van der Waals surface area (Å²) in [5.41, 5.74) is 0. The summed E-state index contributed by atoms with van der Waals surface area (Å²) >= 11 is 0. The van der Waals surface area contributed by atoms with Crippen LogP contribution in [0.5, 0.6) is 0 Å². The standard InChI is InChI=1S/2HI.H4N2O2S/c;;1-5(2,3)4/h2*1H;(H4,1,2,3,4). The Balaban J connectivity index is -0.0000000800. The lowest BCUT2D eigenvalue weighted by Gasteiger charge is -1.72. The minimum Gasteiger partial charge on any atom is -0.216 e. The lowest BCUT2D eigenvalue weighted by molar-refractivity contribution is 0.599. The van der Waals surface area contributed by atoms with E-state index in [-0.39, 0.29) is 48.0 Å². The topological polar surface area (TPSA) is 86.2 Å². The third kappa shape index (κ3) is 118. The SMILES string of the molecule is I.I.NS(N)(=O)=O. The molecule has 48 valence electrons. The highest BCUT2D eigenvalue weighted by Crippen LogP contribution is 1.40. The van der Waals surface area contributed by atoms with Gasteiger partial charge in [-0.15, -0.1) is 48.0 Å². The second kappa shape index (κ2) is 5.47. The van der Waals surface area contributed by atoms with E-state index >= 15 is 0 Å². The van der Waals surface area contributed by atoms with Crippen LogP contribution in [0.2, 0.25) is 0 Å². The summed E-state index contributed by atoms with van der Waals surface area (Å²) < 4.78 is 18.4. The summed E-state index contributed by atoms with van der Waals surface area (Å²) in [6, 6.07) is 0. The van der Waals surface area contributed by atoms with E-state index in [1.54, 1.807) is 0 Å². The molecule has 4 nitrogen and oxygen atoms in total. The molecule has 0 unspecified atom stereocenters. The van der Waals surface area contributed by atoms with Crippen molar-refractivity contribution in [3.63, 3.8) is 0 Å². The van der Waals surface area contributed by atoms with Crippen molar-refractivity contribution in [3.05, 3.63) is 0 Å². The zero-order chi connectivity index (χ0) is 4.50. The molecular weight excluding hydrogens is 346 g/mol. The number of hydrogen-bond acceptors (Lipinski definition) is 2. The van der Waals surface area contributed by atoms with Gasteiger partial charge in [-0.25, -0.2) is 10.3 Å². The van der Waals surface area contributed by atoms with Crippen molar-refractivity contribution in [2.24, 2.45) is 10.3 Å². The van der Waals surface area contributed by atoms with E-state index in [1.165, 1.54) is 0 Å². The molecule has 0 aliphatic heterocycles. The van der Waals surface area contributed by atoms with Crippen LogP contribution in [0.15, 0.2) is 0 Å². The zero-order valence-corrected chi connectivity index (χ0v) is 8.67. The highest BCUT2D eigenvalue weighted by atomic mass is 127. The monoisotopic (exact) mass is 352 g/mol. The number of halogens is 2. The fourth-order valence-corrected chi connectivity index (χ4v) is 0. The maximum Gasteiger partial charge on any atom is 0.271 e. The summed E-state index contributed by atoms with van der Waals surface area (Å²) in [6.45, 7) is 0. The van der Waals surface area contributed by atoms with Gasteiger partial charge in [0.1, 0.15) is 0 Å². The first-order valence-corrected chi connectivity index (χ1v) is 2.41. The van der Waals surface area contributed by atoms with E-state index < -0.39 is 10.2 Å². The van der Waals surface area contributed by atoms with Gasteiger partial charge < -0.3 is 0 Å². The van der Waals surface area contributed by atoms with Gasteiger partial charge in [0.15, 0.2) is 0 Å². The molecule has 0 atom stereocenters. The Morgan fingerprint density at radius 1 is 1.00 bits per heavy atom. The molecule has 7 heavy (non-hydrogen) atoms. The van der Waals surface area contributed by atoms with Gasteiger partial charge in [0.05, 0.1) is 0 Å². The lowest BCUT2D eigenvalue weighted by Crippen LogP contribution is -2.21. The fourth-order valence-electron chi connectivity index (χ4n) is 0. The average Bonchev–Trinajstić information content (AvgIpc) is 0.722. The van der Waals surface area contributed by atoms with Crippen molar-refractivity contribution in [3.8, 4) is 0 Å². The van der Waals surface area contributed by atoms with Crippen molar-refractivity contribution in [1.29, 1.82) is 0 Å². The molecule has 0 fully saturated rings. The van der Waals surface area contributed by atoms with Gasteiger partial charge in [0, 0.05) is 0 Å². The molecule has 0 radical (unpaired) electrons. The number of nitrogens with two attached hydrogens (primary N) is 2. The van der Waals surface area contributed by atoms with Crippen molar-refractivity contribution >= 4 is 58.2 Å². The van der Waals surface area contributed by atoms with E-state index in [2.05, 4.69) is 10.3 Å². The Kier molecular flexibility index (Phi) is 12.3. The highest BCUT2D eigenvalue weighted by Gasteiger charge is 1.78. The first-order valence-electron chi connectivity index (χ1n) is 0.805. The van der Waals surface area contributed by atoms with Crippen LogP contribution in [-0.2, 0) is 10.2 Å². The molecule has 0 amide bonds. The average molecular weight is 352 g/mol. The Hall–Kier alpha value is 1.33. The van der Waals surface area contributed by atoms with E-state index in [1.807, 2.05) is 0 Å². The zero-order valence-electron chi connectivity index (χ0n) is 3.20. The van der Waals surface area contributed by atoms with E-state index in [4.69, 9.17) is 0 Å². The predicted molar refractivity (Wildman–Crippen MR) is 48.1 cm³/mol. The van der Waals surface area contributed by atoms with Crippen LogP contribution in [0, 0.1) is 0 Å². The second-order valence-electron chi connectivity index (χ2n) is 0.589. The smallest absolute Gasteiger partial charge is 0.216 e. The second-order valence-corrected chi connectivity index (χ2v) is 1.77. The Bertz CT molecular complexity index is 96.9. The van der Waals surface area contributed by atoms with Crippen molar-refractivity contribution < 1.29 is 8.42 Å². The van der Waals surface area contributed by atoms with Crippen LogP contribution in [-0.4, -0.2) is 8.42 Å². The van der Waals surface area contributed by atoms with Crippen molar-refractivity contribution in [2.75, 3.05) is 0 Å². The Morgan fingerprint density at radius 3 is 1.00 bits per heavy atom. The molecular formula is H6I2N2O2S. The predicted octanol–water partition coefficient (Wildman–Crippen LogP) is -0.615. The number of rotatable bonds is 0. The van der Waals surface area contributed by atoms with E-state index in [0.717, 1.165) is 0 Å². The van der Waals surface area contributed by atoms with Crippen LogP contribution >= 0.6 is 48.0 Å². The number of hydrogen-bond donors (Lipinski definition) is 2. The Morgan fingerprint density at radius 2 is 1.00 bits per heavy atom. The van der Waals surface area contributed by atoms with Crippen molar-refractivity contribution in [1.82, 2.24) is 0 Å². The van der Waals surface area contributed by atoms with Crippen LogP contribution in [0.4, 0.5) is 0 Å². The fraction of sp³-hybridized carbons (Fsp3) is 0. The van der Waals surface area contributed by atoms with Crippen LogP contribution < -0.4 is 10.3 Å². The molecule has 0 aromatic carbocycles. The van der Waals surface area contributed by atoms with Gasteiger partial charge in [0.2, 0.25) is 0 Å². The van der Waals surface area contributed by atoms with E-state index in [9.17, 15) is 8.42 Å². The summed E-state index contributed by atoms with van der Waals surface area (Å²) in [4.78, 5) is 0. The van der Waals surface area contributed by atoms with Crippen LogP contribution in [0.1, 0.15) is 0 Å². The summed E-state index contributed by atoms with van der Waals surface area (Å²) in [5, 5.41) is 8.21. The van der Waals surface area contributed by atoms with Crippen molar-refractivity contribution in [2.45, 2.75) is 0 Å². The lowest BCUT2D eigenvalue weighted by atomic mass is 13.9. The quantitative estimate of drug-likeness (QED) is 0.570. The molecule has 0 heterocycles. The first-order chi connectivity index (χ1) is 2.00. The molecule has 0 bridgehead atoms. The van der Waals surface area contributed by atoms with Gasteiger partial charge in [-0.1, -0.05) is 0 Å². The van der Waals surface area contributed by atoms with Gasteiger partial charge >= 0.3 is 0 Å².